The van der Waals surface area contributed by atoms with Crippen molar-refractivity contribution in [2.24, 2.45) is 0 Å². The maximum Gasteiger partial charge on any atom is 0.416 e. The number of nitrogens with two attached hydrogens (primary N) is 1. The molecule has 0 bridgehead atoms. The van der Waals surface area contributed by atoms with Gasteiger partial charge in [-0.3, -0.25) is 0 Å². The third-order valence-corrected chi connectivity index (χ3v) is 5.31. The molecule has 0 saturated heterocycles. The highest BCUT2D eigenvalue weighted by Crippen LogP contribution is 2.38. The molecule has 13 heteroatoms. The average Bonchev–Trinajstić information content (AvgIpc) is 2.73. The first kappa shape index (κ1) is 28.2. The Kier molecular flexibility index (Phi) is 7.23. The van der Waals surface area contributed by atoms with Crippen LogP contribution in [0.2, 0.25) is 0 Å². The monoisotopic (exact) mass is 545 g/mol. The van der Waals surface area contributed by atoms with Crippen LogP contribution < -0.4 is 5.73 Å². The van der Waals surface area contributed by atoms with Crippen molar-refractivity contribution in [1.82, 2.24) is 0 Å². The van der Waals surface area contributed by atoms with Crippen molar-refractivity contribution in [3.63, 3.8) is 0 Å². The second kappa shape index (κ2) is 9.49. The van der Waals surface area contributed by atoms with Crippen LogP contribution >= 0.6 is 0 Å². The van der Waals surface area contributed by atoms with Crippen molar-refractivity contribution in [3.05, 3.63) is 99.1 Å². The zero-order valence-electron chi connectivity index (χ0n) is 18.2. The molecule has 0 aromatic heterocycles. The van der Waals surface area contributed by atoms with Gasteiger partial charge < -0.3 is 5.73 Å². The number of alkyl halides is 12. The van der Waals surface area contributed by atoms with Gasteiger partial charge in [-0.15, -0.1) is 0 Å². The summed E-state index contributed by atoms with van der Waals surface area (Å²) in [6.07, 6.45) is -21.3. The average molecular weight is 545 g/mol. The molecule has 3 rings (SSSR count). The maximum atomic E-state index is 13.1. The Bertz CT molecular complexity index is 1220. The van der Waals surface area contributed by atoms with Gasteiger partial charge in [-0.25, -0.2) is 0 Å². The van der Waals surface area contributed by atoms with Gasteiger partial charge in [0.2, 0.25) is 0 Å². The molecule has 37 heavy (non-hydrogen) atoms. The number of nitrogen functional groups attached to an aromatic ring is 1. The summed E-state index contributed by atoms with van der Waals surface area (Å²) in [5.41, 5.74) is -0.990. The number of anilines is 1. The van der Waals surface area contributed by atoms with Crippen LogP contribution in [0.4, 0.5) is 58.4 Å². The van der Waals surface area contributed by atoms with E-state index in [0.29, 0.717) is 24.3 Å². The van der Waals surface area contributed by atoms with Crippen molar-refractivity contribution in [2.75, 3.05) is 5.73 Å². The third kappa shape index (κ3) is 7.10. The molecule has 0 saturated carbocycles. The molecule has 1 nitrogen and oxygen atoms in total. The van der Waals surface area contributed by atoms with Crippen LogP contribution in [0.15, 0.2) is 54.6 Å². The zero-order chi connectivity index (χ0) is 28.0. The summed E-state index contributed by atoms with van der Waals surface area (Å²) in [5, 5.41) is 0. The van der Waals surface area contributed by atoms with Crippen molar-refractivity contribution in [1.29, 1.82) is 0 Å². The van der Waals surface area contributed by atoms with E-state index in [1.165, 1.54) is 18.2 Å². The number of rotatable bonds is 4. The highest BCUT2D eigenvalue weighted by molar-refractivity contribution is 5.52. The van der Waals surface area contributed by atoms with E-state index in [0.717, 1.165) is 0 Å². The second-order valence-electron chi connectivity index (χ2n) is 8.21. The van der Waals surface area contributed by atoms with Gasteiger partial charge in [-0.05, 0) is 77.6 Å². The van der Waals surface area contributed by atoms with Gasteiger partial charge in [-0.1, -0.05) is 12.1 Å². The smallest absolute Gasteiger partial charge is 0.398 e. The fraction of sp³-hybridized carbons (Fsp3) is 0.250. The Morgan fingerprint density at radius 2 is 0.784 bits per heavy atom. The fourth-order valence-corrected chi connectivity index (χ4v) is 3.62. The first-order valence-corrected chi connectivity index (χ1v) is 10.2. The largest absolute Gasteiger partial charge is 0.416 e. The van der Waals surface area contributed by atoms with E-state index in [1.807, 2.05) is 0 Å². The number of hydrogen-bond acceptors (Lipinski definition) is 1. The lowest BCUT2D eigenvalue weighted by atomic mass is 9.94. The van der Waals surface area contributed by atoms with Crippen molar-refractivity contribution in [3.8, 4) is 0 Å². The number of hydrogen-bond donors (Lipinski definition) is 1. The fourth-order valence-electron chi connectivity index (χ4n) is 3.62. The van der Waals surface area contributed by atoms with Crippen LogP contribution in [0, 0.1) is 0 Å². The molecular weight excluding hydrogens is 530 g/mol. The molecule has 3 aromatic carbocycles. The summed E-state index contributed by atoms with van der Waals surface area (Å²) in [6.45, 7) is 0. The first-order chi connectivity index (χ1) is 16.7. The third-order valence-electron chi connectivity index (χ3n) is 5.31. The molecule has 2 N–H and O–H groups in total. The minimum atomic E-state index is -5.08. The molecule has 0 heterocycles. The molecule has 0 aliphatic heterocycles. The number of halogens is 12. The van der Waals surface area contributed by atoms with Crippen molar-refractivity contribution >= 4 is 5.69 Å². The van der Waals surface area contributed by atoms with E-state index in [-0.39, 0.29) is 34.5 Å². The molecule has 0 amide bonds. The van der Waals surface area contributed by atoms with E-state index >= 15 is 0 Å². The van der Waals surface area contributed by atoms with Gasteiger partial charge in [0.05, 0.1) is 22.3 Å². The minimum absolute atomic E-state index is 0.0352. The Morgan fingerprint density at radius 1 is 0.432 bits per heavy atom. The van der Waals surface area contributed by atoms with E-state index in [1.54, 1.807) is 0 Å². The van der Waals surface area contributed by atoms with Crippen molar-refractivity contribution < 1.29 is 52.7 Å². The summed E-state index contributed by atoms with van der Waals surface area (Å²) < 4.78 is 158. The quantitative estimate of drug-likeness (QED) is 0.258. The molecule has 0 atom stereocenters. The maximum absolute atomic E-state index is 13.1. The molecule has 0 radical (unpaired) electrons. The minimum Gasteiger partial charge on any atom is -0.398 e. The standard InChI is InChI=1S/C24H15F12N/c25-21(26,27)16-6-13(7-17(10-16)22(28,29)30)3-12-1-2-20(37)15(4-12)5-14-8-18(23(31,32)33)11-19(9-14)24(34,35)36/h1-2,4,6-11H,3,5,37H2. The molecule has 0 fully saturated rings. The summed E-state index contributed by atoms with van der Waals surface area (Å²) in [6, 6.07) is 5.66. The zero-order valence-corrected chi connectivity index (χ0v) is 18.2. The van der Waals surface area contributed by atoms with Gasteiger partial charge in [0.1, 0.15) is 0 Å². The van der Waals surface area contributed by atoms with Gasteiger partial charge in [0, 0.05) is 5.69 Å². The van der Waals surface area contributed by atoms with E-state index < -0.39 is 65.4 Å². The molecule has 0 unspecified atom stereocenters. The molecule has 0 aliphatic carbocycles. The lowest BCUT2D eigenvalue weighted by Crippen LogP contribution is -2.12. The number of benzene rings is 3. The van der Waals surface area contributed by atoms with Crippen LogP contribution in [0.5, 0.6) is 0 Å². The molecule has 0 aliphatic rings. The molecular formula is C24H15F12N. The lowest BCUT2D eigenvalue weighted by Gasteiger charge is -2.16. The van der Waals surface area contributed by atoms with Gasteiger partial charge in [0.15, 0.2) is 0 Å². The van der Waals surface area contributed by atoms with Crippen LogP contribution in [0.1, 0.15) is 44.5 Å². The molecule has 0 spiro atoms. The summed E-state index contributed by atoms with van der Waals surface area (Å²) in [4.78, 5) is 0. The molecule has 200 valence electrons. The van der Waals surface area contributed by atoms with Crippen LogP contribution in [-0.4, -0.2) is 0 Å². The molecule has 3 aromatic rings. The highest BCUT2D eigenvalue weighted by atomic mass is 19.4. The predicted molar refractivity (Wildman–Crippen MR) is 109 cm³/mol. The lowest BCUT2D eigenvalue weighted by molar-refractivity contribution is -0.144. The van der Waals surface area contributed by atoms with Crippen molar-refractivity contribution in [2.45, 2.75) is 37.5 Å². The predicted octanol–water partition coefficient (Wildman–Crippen LogP) is 8.53. The van der Waals surface area contributed by atoms with Crippen LogP contribution in [-0.2, 0) is 37.5 Å². The SMILES string of the molecule is Nc1ccc(Cc2cc(C(F)(F)F)cc(C(F)(F)F)c2)cc1Cc1cc(C(F)(F)F)cc(C(F)(F)F)c1. The first-order valence-electron chi connectivity index (χ1n) is 10.2. The Morgan fingerprint density at radius 3 is 1.14 bits per heavy atom. The summed E-state index contributed by atoms with van der Waals surface area (Å²) in [5.74, 6) is 0. The summed E-state index contributed by atoms with van der Waals surface area (Å²) >= 11 is 0. The normalized spacial score (nSPS) is 13.2. The topological polar surface area (TPSA) is 26.0 Å². The summed E-state index contributed by atoms with van der Waals surface area (Å²) in [7, 11) is 0. The van der Waals surface area contributed by atoms with Gasteiger partial charge >= 0.3 is 24.7 Å². The van der Waals surface area contributed by atoms with Gasteiger partial charge in [0.25, 0.3) is 0 Å². The van der Waals surface area contributed by atoms with E-state index in [9.17, 15) is 52.7 Å². The van der Waals surface area contributed by atoms with E-state index in [2.05, 4.69) is 0 Å². The Hall–Kier alpha value is -3.38. The van der Waals surface area contributed by atoms with Crippen LogP contribution in [0.25, 0.3) is 0 Å². The second-order valence-corrected chi connectivity index (χ2v) is 8.21. The van der Waals surface area contributed by atoms with Crippen LogP contribution in [0.3, 0.4) is 0 Å². The highest BCUT2D eigenvalue weighted by Gasteiger charge is 2.38. The Labute approximate surface area is 201 Å². The van der Waals surface area contributed by atoms with E-state index in [4.69, 9.17) is 5.73 Å². The van der Waals surface area contributed by atoms with Gasteiger partial charge in [-0.2, -0.15) is 52.7 Å². The Balaban J connectivity index is 2.01.